The molecule has 1 N–H and O–H groups in total. The summed E-state index contributed by atoms with van der Waals surface area (Å²) in [7, 11) is 0. The molecule has 118 valence electrons. The van der Waals surface area contributed by atoms with Crippen molar-refractivity contribution in [2.24, 2.45) is 0 Å². The Bertz CT molecular complexity index is 824. The number of halogens is 1. The number of rotatable bonds is 5. The van der Waals surface area contributed by atoms with E-state index in [4.69, 9.17) is 4.42 Å². The van der Waals surface area contributed by atoms with E-state index in [1.807, 2.05) is 18.2 Å². The Hall–Kier alpha value is -2.62. The third kappa shape index (κ3) is 3.26. The molecule has 1 aromatic heterocycles. The predicted octanol–water partition coefficient (Wildman–Crippen LogP) is 4.24. The lowest BCUT2D eigenvalue weighted by molar-refractivity contribution is 0.0926. The second kappa shape index (κ2) is 6.65. The number of aryl methyl sites for hydroxylation is 2. The number of furan rings is 1. The summed E-state index contributed by atoms with van der Waals surface area (Å²) >= 11 is 0. The summed E-state index contributed by atoms with van der Waals surface area (Å²) in [5.74, 6) is -0.565. The van der Waals surface area contributed by atoms with Crippen molar-refractivity contribution in [1.29, 1.82) is 0 Å². The number of benzene rings is 2. The van der Waals surface area contributed by atoms with Crippen LogP contribution in [0.1, 0.15) is 28.1 Å². The molecule has 0 fully saturated rings. The molecule has 4 heteroatoms. The van der Waals surface area contributed by atoms with Gasteiger partial charge < -0.3 is 9.73 Å². The van der Waals surface area contributed by atoms with Crippen molar-refractivity contribution >= 4 is 16.9 Å². The Kier molecular flexibility index (Phi) is 4.42. The van der Waals surface area contributed by atoms with Gasteiger partial charge in [0.05, 0.1) is 0 Å². The fourth-order valence-corrected chi connectivity index (χ4v) is 2.64. The Labute approximate surface area is 134 Å². The standard InChI is InChI=1S/C19H18FNO2/c1-13-15-10-5-11-16(20)18(15)23-17(13)19(22)21-12-6-9-14-7-3-2-4-8-14/h2-5,7-8,10-11H,6,9,12H2,1H3,(H,21,22). The van der Waals surface area contributed by atoms with Gasteiger partial charge in [0.15, 0.2) is 17.2 Å². The fraction of sp³-hybridized carbons (Fsp3) is 0.211. The molecule has 0 bridgehead atoms. The minimum atomic E-state index is -0.450. The number of para-hydroxylation sites is 1. The summed E-state index contributed by atoms with van der Waals surface area (Å²) in [4.78, 5) is 12.2. The van der Waals surface area contributed by atoms with E-state index in [0.29, 0.717) is 17.5 Å². The van der Waals surface area contributed by atoms with Crippen LogP contribution in [-0.2, 0) is 6.42 Å². The first-order valence-electron chi connectivity index (χ1n) is 7.66. The van der Waals surface area contributed by atoms with E-state index < -0.39 is 5.82 Å². The van der Waals surface area contributed by atoms with Gasteiger partial charge in [-0.1, -0.05) is 42.5 Å². The average molecular weight is 311 g/mol. The maximum atomic E-state index is 13.7. The zero-order chi connectivity index (χ0) is 16.2. The van der Waals surface area contributed by atoms with Crippen LogP contribution in [0.4, 0.5) is 4.39 Å². The van der Waals surface area contributed by atoms with Gasteiger partial charge in [0, 0.05) is 17.5 Å². The molecule has 0 spiro atoms. The summed E-state index contributed by atoms with van der Waals surface area (Å²) < 4.78 is 19.1. The number of carbonyl (C=O) groups is 1. The third-order valence-corrected chi connectivity index (χ3v) is 3.89. The van der Waals surface area contributed by atoms with Crippen LogP contribution in [0.2, 0.25) is 0 Å². The van der Waals surface area contributed by atoms with E-state index >= 15 is 0 Å². The fourth-order valence-electron chi connectivity index (χ4n) is 2.64. The van der Waals surface area contributed by atoms with Crippen LogP contribution >= 0.6 is 0 Å². The van der Waals surface area contributed by atoms with Gasteiger partial charge in [-0.15, -0.1) is 0 Å². The molecule has 3 aromatic rings. The summed E-state index contributed by atoms with van der Waals surface area (Å²) in [5.41, 5.74) is 2.04. The number of nitrogens with one attached hydrogen (secondary N) is 1. The zero-order valence-corrected chi connectivity index (χ0v) is 12.9. The van der Waals surface area contributed by atoms with Gasteiger partial charge in [-0.3, -0.25) is 4.79 Å². The molecule has 0 atom stereocenters. The Balaban J connectivity index is 1.62. The highest BCUT2D eigenvalue weighted by Crippen LogP contribution is 2.27. The van der Waals surface area contributed by atoms with Crippen LogP contribution in [0.3, 0.4) is 0 Å². The summed E-state index contributed by atoms with van der Waals surface area (Å²) in [6.07, 6.45) is 1.73. The lowest BCUT2D eigenvalue weighted by Crippen LogP contribution is -2.24. The first-order valence-corrected chi connectivity index (χ1v) is 7.66. The van der Waals surface area contributed by atoms with Crippen LogP contribution in [0.15, 0.2) is 52.9 Å². The van der Waals surface area contributed by atoms with Crippen LogP contribution < -0.4 is 5.32 Å². The molecule has 3 nitrogen and oxygen atoms in total. The monoisotopic (exact) mass is 311 g/mol. The molecule has 0 aliphatic heterocycles. The molecule has 23 heavy (non-hydrogen) atoms. The molecule has 2 aromatic carbocycles. The molecule has 0 aliphatic rings. The first kappa shape index (κ1) is 15.3. The maximum Gasteiger partial charge on any atom is 0.287 e. The second-order valence-corrected chi connectivity index (χ2v) is 5.52. The number of fused-ring (bicyclic) bond motifs is 1. The summed E-state index contributed by atoms with van der Waals surface area (Å²) in [6, 6.07) is 14.8. The van der Waals surface area contributed by atoms with Gasteiger partial charge in [-0.05, 0) is 31.4 Å². The molecule has 1 amide bonds. The largest absolute Gasteiger partial charge is 0.448 e. The SMILES string of the molecule is Cc1c(C(=O)NCCCc2ccccc2)oc2c(F)cccc12. The highest BCUT2D eigenvalue weighted by molar-refractivity contribution is 5.98. The number of amides is 1. The van der Waals surface area contributed by atoms with Gasteiger partial charge >= 0.3 is 0 Å². The first-order chi connectivity index (χ1) is 11.2. The van der Waals surface area contributed by atoms with Crippen LogP contribution in [-0.4, -0.2) is 12.5 Å². The average Bonchev–Trinajstić information content (AvgIpc) is 2.91. The van der Waals surface area contributed by atoms with Gasteiger partial charge in [0.25, 0.3) is 5.91 Å². The van der Waals surface area contributed by atoms with Gasteiger partial charge in [-0.2, -0.15) is 0 Å². The van der Waals surface area contributed by atoms with Crippen LogP contribution in [0.5, 0.6) is 0 Å². The van der Waals surface area contributed by atoms with Crippen LogP contribution in [0, 0.1) is 12.7 Å². The molecular weight excluding hydrogens is 293 g/mol. The summed E-state index contributed by atoms with van der Waals surface area (Å²) in [6.45, 7) is 2.32. The Morgan fingerprint density at radius 3 is 2.65 bits per heavy atom. The minimum absolute atomic E-state index is 0.138. The van der Waals surface area contributed by atoms with E-state index in [9.17, 15) is 9.18 Å². The predicted molar refractivity (Wildman–Crippen MR) is 88.0 cm³/mol. The Morgan fingerprint density at radius 1 is 1.13 bits per heavy atom. The van der Waals surface area contributed by atoms with E-state index in [1.165, 1.54) is 11.6 Å². The third-order valence-electron chi connectivity index (χ3n) is 3.89. The Morgan fingerprint density at radius 2 is 1.91 bits per heavy atom. The molecule has 3 rings (SSSR count). The molecule has 0 saturated heterocycles. The van der Waals surface area contributed by atoms with E-state index in [0.717, 1.165) is 12.8 Å². The van der Waals surface area contributed by atoms with E-state index in [-0.39, 0.29) is 17.3 Å². The maximum absolute atomic E-state index is 13.7. The molecular formula is C19H18FNO2. The quantitative estimate of drug-likeness (QED) is 0.716. The van der Waals surface area contributed by atoms with E-state index in [1.54, 1.807) is 19.1 Å². The molecule has 1 heterocycles. The molecule has 0 aliphatic carbocycles. The highest BCUT2D eigenvalue weighted by atomic mass is 19.1. The van der Waals surface area contributed by atoms with Crippen molar-refractivity contribution in [3.8, 4) is 0 Å². The van der Waals surface area contributed by atoms with Crippen molar-refractivity contribution in [2.75, 3.05) is 6.54 Å². The molecule has 0 saturated carbocycles. The second-order valence-electron chi connectivity index (χ2n) is 5.52. The number of carbonyl (C=O) groups excluding carboxylic acids is 1. The highest BCUT2D eigenvalue weighted by Gasteiger charge is 2.18. The van der Waals surface area contributed by atoms with Crippen molar-refractivity contribution in [1.82, 2.24) is 5.32 Å². The van der Waals surface area contributed by atoms with Gasteiger partial charge in [-0.25, -0.2) is 4.39 Å². The normalized spacial score (nSPS) is 10.9. The lowest BCUT2D eigenvalue weighted by atomic mass is 10.1. The molecule has 0 unspecified atom stereocenters. The van der Waals surface area contributed by atoms with Crippen molar-refractivity contribution in [3.63, 3.8) is 0 Å². The number of hydrogen-bond donors (Lipinski definition) is 1. The molecule has 0 radical (unpaired) electrons. The lowest BCUT2D eigenvalue weighted by Gasteiger charge is -2.04. The smallest absolute Gasteiger partial charge is 0.287 e. The van der Waals surface area contributed by atoms with Gasteiger partial charge in [0.1, 0.15) is 0 Å². The van der Waals surface area contributed by atoms with E-state index in [2.05, 4.69) is 17.4 Å². The van der Waals surface area contributed by atoms with Gasteiger partial charge in [0.2, 0.25) is 0 Å². The van der Waals surface area contributed by atoms with Crippen LogP contribution in [0.25, 0.3) is 11.0 Å². The summed E-state index contributed by atoms with van der Waals surface area (Å²) in [5, 5.41) is 3.47. The number of hydrogen-bond acceptors (Lipinski definition) is 2. The zero-order valence-electron chi connectivity index (χ0n) is 12.9. The minimum Gasteiger partial charge on any atom is -0.448 e. The van der Waals surface area contributed by atoms with Crippen molar-refractivity contribution in [3.05, 3.63) is 71.2 Å². The topological polar surface area (TPSA) is 42.2 Å². The van der Waals surface area contributed by atoms with Crippen molar-refractivity contribution in [2.45, 2.75) is 19.8 Å². The van der Waals surface area contributed by atoms with Crippen molar-refractivity contribution < 1.29 is 13.6 Å².